The lowest BCUT2D eigenvalue weighted by molar-refractivity contribution is -0.120. The topological polar surface area (TPSA) is 75.8 Å². The zero-order valence-corrected chi connectivity index (χ0v) is 12.2. The Morgan fingerprint density at radius 3 is 2.74 bits per heavy atom. The molecule has 1 amide bonds. The summed E-state index contributed by atoms with van der Waals surface area (Å²) in [6, 6.07) is 3.62. The lowest BCUT2D eigenvalue weighted by atomic mass is 10.1. The number of ether oxygens (including phenoxy) is 2. The Labute approximate surface area is 129 Å². The Morgan fingerprint density at radius 2 is 2.04 bits per heavy atom. The summed E-state index contributed by atoms with van der Waals surface area (Å²) in [5, 5.41) is 5.47. The Morgan fingerprint density at radius 1 is 1.26 bits per heavy atom. The van der Waals surface area contributed by atoms with E-state index in [1.807, 2.05) is 0 Å². The maximum Gasteiger partial charge on any atom is 0.387 e. The molecule has 0 bridgehead atoms. The summed E-state index contributed by atoms with van der Waals surface area (Å²) in [5.41, 5.74) is 0.931. The van der Waals surface area contributed by atoms with Gasteiger partial charge in [-0.25, -0.2) is 4.99 Å². The SMILES string of the molecule is COc1cc(C2=NC(=O)C3C(=N2)C=NN3C)ccc1OC(F)F. The van der Waals surface area contributed by atoms with Crippen molar-refractivity contribution in [3.8, 4) is 11.5 Å². The molecule has 2 heterocycles. The predicted octanol–water partition coefficient (Wildman–Crippen LogP) is 1.32. The summed E-state index contributed by atoms with van der Waals surface area (Å²) in [6.07, 6.45) is 1.49. The largest absolute Gasteiger partial charge is 0.493 e. The van der Waals surface area contributed by atoms with Gasteiger partial charge in [-0.3, -0.25) is 9.80 Å². The van der Waals surface area contributed by atoms with Crippen molar-refractivity contribution in [2.24, 2.45) is 15.1 Å². The fourth-order valence-corrected chi connectivity index (χ4v) is 2.30. The van der Waals surface area contributed by atoms with E-state index in [0.29, 0.717) is 11.3 Å². The van der Waals surface area contributed by atoms with Gasteiger partial charge in [0.2, 0.25) is 0 Å². The summed E-state index contributed by atoms with van der Waals surface area (Å²) < 4.78 is 34.1. The van der Waals surface area contributed by atoms with Gasteiger partial charge in [-0.15, -0.1) is 0 Å². The first kappa shape index (κ1) is 15.1. The van der Waals surface area contributed by atoms with Crippen molar-refractivity contribution in [2.75, 3.05) is 14.2 Å². The number of rotatable bonds is 4. The minimum atomic E-state index is -2.96. The molecule has 3 rings (SSSR count). The number of methoxy groups -OCH3 is 1. The van der Waals surface area contributed by atoms with E-state index in [0.717, 1.165) is 0 Å². The van der Waals surface area contributed by atoms with E-state index in [4.69, 9.17) is 4.74 Å². The van der Waals surface area contributed by atoms with Crippen LogP contribution in [0.1, 0.15) is 5.56 Å². The maximum atomic E-state index is 12.3. The maximum absolute atomic E-state index is 12.3. The van der Waals surface area contributed by atoms with E-state index in [9.17, 15) is 13.6 Å². The van der Waals surface area contributed by atoms with Crippen LogP contribution in [-0.2, 0) is 4.79 Å². The number of hydrogen-bond donors (Lipinski definition) is 0. The van der Waals surface area contributed by atoms with Crippen LogP contribution >= 0.6 is 0 Å². The van der Waals surface area contributed by atoms with E-state index in [-0.39, 0.29) is 17.3 Å². The molecule has 2 aliphatic rings. The quantitative estimate of drug-likeness (QED) is 0.838. The van der Waals surface area contributed by atoms with Gasteiger partial charge in [0, 0.05) is 12.6 Å². The average Bonchev–Trinajstić information content (AvgIpc) is 2.89. The summed E-state index contributed by atoms with van der Waals surface area (Å²) in [4.78, 5) is 20.3. The number of amides is 1. The minimum absolute atomic E-state index is 0.0949. The second-order valence-corrected chi connectivity index (χ2v) is 4.78. The van der Waals surface area contributed by atoms with Crippen molar-refractivity contribution in [3.05, 3.63) is 23.8 Å². The Bertz CT molecular complexity index is 746. The highest BCUT2D eigenvalue weighted by Crippen LogP contribution is 2.30. The van der Waals surface area contributed by atoms with E-state index in [2.05, 4.69) is 19.8 Å². The molecule has 1 aromatic rings. The van der Waals surface area contributed by atoms with Gasteiger partial charge in [-0.05, 0) is 18.2 Å². The fourth-order valence-electron chi connectivity index (χ4n) is 2.30. The number of aliphatic imine (C=N–C) groups is 2. The average molecular weight is 322 g/mol. The number of likely N-dealkylation sites (N-methyl/N-ethyl adjacent to an activating group) is 1. The number of hydrazone groups is 1. The zero-order valence-electron chi connectivity index (χ0n) is 12.2. The summed E-state index contributed by atoms with van der Waals surface area (Å²) >= 11 is 0. The lowest BCUT2D eigenvalue weighted by Gasteiger charge is -2.19. The number of halogens is 2. The van der Waals surface area contributed by atoms with Crippen LogP contribution in [0, 0.1) is 0 Å². The van der Waals surface area contributed by atoms with Crippen LogP contribution in [0.25, 0.3) is 0 Å². The summed E-state index contributed by atoms with van der Waals surface area (Å²) in [5.74, 6) is -0.235. The molecule has 1 unspecified atom stereocenters. The monoisotopic (exact) mass is 322 g/mol. The van der Waals surface area contributed by atoms with Gasteiger partial charge >= 0.3 is 6.61 Å². The summed E-state index contributed by atoms with van der Waals surface area (Å²) in [6.45, 7) is -2.96. The molecule has 2 aliphatic heterocycles. The third-order valence-corrected chi connectivity index (χ3v) is 3.35. The number of fused-ring (bicyclic) bond motifs is 1. The van der Waals surface area contributed by atoms with Gasteiger partial charge in [0.15, 0.2) is 23.4 Å². The molecule has 1 atom stereocenters. The number of alkyl halides is 2. The normalized spacial score (nSPS) is 19.6. The molecule has 120 valence electrons. The number of amidine groups is 1. The Balaban J connectivity index is 1.95. The van der Waals surface area contributed by atoms with Crippen LogP contribution in [0.3, 0.4) is 0 Å². The highest BCUT2D eigenvalue weighted by Gasteiger charge is 2.35. The Kier molecular flexibility index (Phi) is 3.77. The number of carbonyl (C=O) groups is 1. The molecule has 9 heteroatoms. The highest BCUT2D eigenvalue weighted by molar-refractivity contribution is 6.43. The van der Waals surface area contributed by atoms with Gasteiger partial charge in [0.25, 0.3) is 5.91 Å². The number of hydrogen-bond acceptors (Lipinski definition) is 6. The molecule has 0 aromatic heterocycles. The standard InChI is InChI=1S/C14H12F2N4O3/c1-20-11-8(6-17-20)18-12(19-13(11)21)7-3-4-9(23-14(15)16)10(5-7)22-2/h3-6,11,14H,1-2H3. The predicted molar refractivity (Wildman–Crippen MR) is 78.6 cm³/mol. The van der Waals surface area contributed by atoms with Gasteiger partial charge in [-0.1, -0.05) is 0 Å². The molecule has 0 saturated carbocycles. The molecule has 0 fully saturated rings. The van der Waals surface area contributed by atoms with E-state index in [1.54, 1.807) is 7.05 Å². The summed E-state index contributed by atoms with van der Waals surface area (Å²) in [7, 11) is 2.98. The molecule has 1 aromatic carbocycles. The van der Waals surface area contributed by atoms with Gasteiger partial charge in [-0.2, -0.15) is 18.9 Å². The van der Waals surface area contributed by atoms with Gasteiger partial charge in [0.05, 0.1) is 19.0 Å². The van der Waals surface area contributed by atoms with Crippen molar-refractivity contribution in [1.82, 2.24) is 5.01 Å². The molecule has 0 spiro atoms. The highest BCUT2D eigenvalue weighted by atomic mass is 19.3. The fraction of sp³-hybridized carbons (Fsp3) is 0.286. The molecule has 7 nitrogen and oxygen atoms in total. The van der Waals surface area contributed by atoms with Crippen molar-refractivity contribution in [2.45, 2.75) is 12.7 Å². The minimum Gasteiger partial charge on any atom is -0.493 e. The van der Waals surface area contributed by atoms with Crippen LogP contribution in [0.4, 0.5) is 8.78 Å². The van der Waals surface area contributed by atoms with Gasteiger partial charge in [0.1, 0.15) is 0 Å². The van der Waals surface area contributed by atoms with E-state index in [1.165, 1.54) is 36.5 Å². The van der Waals surface area contributed by atoms with Crippen molar-refractivity contribution >= 4 is 23.7 Å². The van der Waals surface area contributed by atoms with Crippen molar-refractivity contribution < 1.29 is 23.0 Å². The third-order valence-electron chi connectivity index (χ3n) is 3.35. The number of benzene rings is 1. The Hall–Kier alpha value is -2.84. The molecule has 0 saturated heterocycles. The molecule has 0 aliphatic carbocycles. The van der Waals surface area contributed by atoms with E-state index < -0.39 is 18.6 Å². The zero-order chi connectivity index (χ0) is 16.6. The van der Waals surface area contributed by atoms with Crippen LogP contribution in [0.2, 0.25) is 0 Å². The third kappa shape index (κ3) is 2.77. The van der Waals surface area contributed by atoms with Crippen LogP contribution < -0.4 is 9.47 Å². The molecular formula is C14H12F2N4O3. The second-order valence-electron chi connectivity index (χ2n) is 4.78. The first-order valence-electron chi connectivity index (χ1n) is 6.60. The first-order valence-corrected chi connectivity index (χ1v) is 6.60. The van der Waals surface area contributed by atoms with Crippen molar-refractivity contribution in [1.29, 1.82) is 0 Å². The smallest absolute Gasteiger partial charge is 0.387 e. The molecular weight excluding hydrogens is 310 g/mol. The molecule has 23 heavy (non-hydrogen) atoms. The van der Waals surface area contributed by atoms with Crippen LogP contribution in [0.5, 0.6) is 11.5 Å². The first-order chi connectivity index (χ1) is 11.0. The van der Waals surface area contributed by atoms with Crippen LogP contribution in [-0.4, -0.2) is 55.5 Å². The second kappa shape index (κ2) is 5.75. The lowest BCUT2D eigenvalue weighted by Crippen LogP contribution is -2.40. The molecule has 0 radical (unpaired) electrons. The number of carbonyl (C=O) groups excluding carboxylic acids is 1. The van der Waals surface area contributed by atoms with Crippen molar-refractivity contribution in [3.63, 3.8) is 0 Å². The number of nitrogens with zero attached hydrogens (tertiary/aromatic N) is 4. The van der Waals surface area contributed by atoms with E-state index >= 15 is 0 Å². The van der Waals surface area contributed by atoms with Gasteiger partial charge < -0.3 is 9.47 Å². The van der Waals surface area contributed by atoms with Crippen LogP contribution in [0.15, 0.2) is 33.3 Å². The molecule has 0 N–H and O–H groups in total.